The molecule has 2 rings (SSSR count). The van der Waals surface area contributed by atoms with Crippen LogP contribution in [0.1, 0.15) is 11.6 Å². The van der Waals surface area contributed by atoms with Crippen LogP contribution in [0.5, 0.6) is 0 Å². The number of ether oxygens (including phenoxy) is 1. The lowest BCUT2D eigenvalue weighted by Crippen LogP contribution is -2.34. The minimum absolute atomic E-state index is 0.317. The SMILES string of the molecule is Brc1cc(Br)cc([C@H]2COCCN2)c1. The number of halogens is 2. The molecule has 0 aliphatic carbocycles. The summed E-state index contributed by atoms with van der Waals surface area (Å²) in [6.45, 7) is 2.49. The molecule has 76 valence electrons. The minimum atomic E-state index is 0.317. The molecule has 1 heterocycles. The van der Waals surface area contributed by atoms with Crippen LogP contribution in [0, 0.1) is 0 Å². The molecule has 1 N–H and O–H groups in total. The average Bonchev–Trinajstić information content (AvgIpc) is 2.18. The van der Waals surface area contributed by atoms with E-state index in [1.54, 1.807) is 0 Å². The molecule has 4 heteroatoms. The van der Waals surface area contributed by atoms with Crippen LogP contribution in [0.25, 0.3) is 0 Å². The Labute approximate surface area is 100 Å². The van der Waals surface area contributed by atoms with Crippen molar-refractivity contribution in [1.29, 1.82) is 0 Å². The van der Waals surface area contributed by atoms with Crippen LogP contribution < -0.4 is 5.32 Å². The zero-order valence-electron chi connectivity index (χ0n) is 7.59. The molecule has 0 spiro atoms. The van der Waals surface area contributed by atoms with Crippen molar-refractivity contribution in [1.82, 2.24) is 5.32 Å². The van der Waals surface area contributed by atoms with Gasteiger partial charge in [-0.15, -0.1) is 0 Å². The molecule has 1 aromatic carbocycles. The van der Waals surface area contributed by atoms with Gasteiger partial charge in [0.05, 0.1) is 19.3 Å². The van der Waals surface area contributed by atoms with Crippen molar-refractivity contribution in [3.05, 3.63) is 32.7 Å². The van der Waals surface area contributed by atoms with Gasteiger partial charge in [-0.3, -0.25) is 0 Å². The van der Waals surface area contributed by atoms with Crippen molar-refractivity contribution in [2.24, 2.45) is 0 Å². The lowest BCUT2D eigenvalue weighted by molar-refractivity contribution is 0.0768. The molecule has 0 unspecified atom stereocenters. The van der Waals surface area contributed by atoms with E-state index < -0.39 is 0 Å². The molecular formula is C10H11Br2NO. The van der Waals surface area contributed by atoms with E-state index in [1.807, 2.05) is 6.07 Å². The summed E-state index contributed by atoms with van der Waals surface area (Å²) in [6, 6.07) is 6.60. The van der Waals surface area contributed by atoms with Crippen molar-refractivity contribution < 1.29 is 4.74 Å². The van der Waals surface area contributed by atoms with E-state index >= 15 is 0 Å². The number of morpholine rings is 1. The minimum Gasteiger partial charge on any atom is -0.378 e. The molecule has 0 amide bonds. The average molecular weight is 321 g/mol. The van der Waals surface area contributed by atoms with E-state index in [1.165, 1.54) is 5.56 Å². The summed E-state index contributed by atoms with van der Waals surface area (Å²) in [5.74, 6) is 0. The van der Waals surface area contributed by atoms with Crippen molar-refractivity contribution in [3.63, 3.8) is 0 Å². The van der Waals surface area contributed by atoms with Crippen LogP contribution >= 0.6 is 31.9 Å². The first-order valence-electron chi connectivity index (χ1n) is 4.53. The smallest absolute Gasteiger partial charge is 0.0662 e. The van der Waals surface area contributed by atoms with E-state index in [0.717, 1.165) is 28.7 Å². The largest absolute Gasteiger partial charge is 0.378 e. The van der Waals surface area contributed by atoms with Crippen molar-refractivity contribution >= 4 is 31.9 Å². The number of benzene rings is 1. The van der Waals surface area contributed by atoms with Gasteiger partial charge >= 0.3 is 0 Å². The Bertz CT molecular complexity index is 304. The van der Waals surface area contributed by atoms with Crippen molar-refractivity contribution in [3.8, 4) is 0 Å². The Morgan fingerprint density at radius 2 is 1.93 bits per heavy atom. The molecule has 2 nitrogen and oxygen atoms in total. The highest BCUT2D eigenvalue weighted by Gasteiger charge is 2.15. The van der Waals surface area contributed by atoms with Crippen LogP contribution in [0.4, 0.5) is 0 Å². The van der Waals surface area contributed by atoms with Crippen molar-refractivity contribution in [2.75, 3.05) is 19.8 Å². The second-order valence-electron chi connectivity index (χ2n) is 3.28. The third kappa shape index (κ3) is 2.57. The molecule has 1 aliphatic heterocycles. The zero-order chi connectivity index (χ0) is 9.97. The first-order valence-corrected chi connectivity index (χ1v) is 6.11. The predicted octanol–water partition coefficient (Wildman–Crippen LogP) is 2.87. The van der Waals surface area contributed by atoms with Crippen LogP contribution in [0.3, 0.4) is 0 Å². The highest BCUT2D eigenvalue weighted by atomic mass is 79.9. The summed E-state index contributed by atoms with van der Waals surface area (Å²) in [6.07, 6.45) is 0. The monoisotopic (exact) mass is 319 g/mol. The Morgan fingerprint density at radius 1 is 1.21 bits per heavy atom. The normalized spacial score (nSPS) is 22.3. The zero-order valence-corrected chi connectivity index (χ0v) is 10.8. The Hall–Kier alpha value is 0.1000. The molecule has 1 atom stereocenters. The molecule has 1 fully saturated rings. The van der Waals surface area contributed by atoms with E-state index in [0.29, 0.717) is 6.04 Å². The highest BCUT2D eigenvalue weighted by molar-refractivity contribution is 9.11. The summed E-state index contributed by atoms with van der Waals surface area (Å²) >= 11 is 6.96. The number of hydrogen-bond acceptors (Lipinski definition) is 2. The fourth-order valence-corrected chi connectivity index (χ4v) is 2.88. The number of hydrogen-bond donors (Lipinski definition) is 1. The predicted molar refractivity (Wildman–Crippen MR) is 63.4 cm³/mol. The number of rotatable bonds is 1. The third-order valence-corrected chi connectivity index (χ3v) is 3.12. The lowest BCUT2D eigenvalue weighted by Gasteiger charge is -2.24. The van der Waals surface area contributed by atoms with Gasteiger partial charge in [-0.1, -0.05) is 31.9 Å². The first-order chi connectivity index (χ1) is 6.75. The van der Waals surface area contributed by atoms with Gasteiger partial charge in [-0.25, -0.2) is 0 Å². The second kappa shape index (κ2) is 4.75. The molecule has 1 aliphatic rings. The van der Waals surface area contributed by atoms with E-state index in [-0.39, 0.29) is 0 Å². The summed E-state index contributed by atoms with van der Waals surface area (Å²) in [4.78, 5) is 0. The van der Waals surface area contributed by atoms with Gasteiger partial charge in [0.15, 0.2) is 0 Å². The van der Waals surface area contributed by atoms with Gasteiger partial charge in [0, 0.05) is 15.5 Å². The van der Waals surface area contributed by atoms with Gasteiger partial charge in [-0.2, -0.15) is 0 Å². The van der Waals surface area contributed by atoms with Gasteiger partial charge in [0.1, 0.15) is 0 Å². The topological polar surface area (TPSA) is 21.3 Å². The molecule has 0 aromatic heterocycles. The standard InChI is InChI=1S/C10H11Br2NO/c11-8-3-7(4-9(12)5-8)10-6-14-2-1-13-10/h3-5,10,13H,1-2,6H2/t10-/m1/s1. The van der Waals surface area contributed by atoms with E-state index in [9.17, 15) is 0 Å². The van der Waals surface area contributed by atoms with Crippen LogP contribution in [0.15, 0.2) is 27.1 Å². The first kappa shape index (κ1) is 10.6. The molecule has 0 bridgehead atoms. The molecule has 0 saturated carbocycles. The van der Waals surface area contributed by atoms with Gasteiger partial charge in [-0.05, 0) is 23.8 Å². The quantitative estimate of drug-likeness (QED) is 0.859. The van der Waals surface area contributed by atoms with Crippen LogP contribution in [-0.2, 0) is 4.74 Å². The summed E-state index contributed by atoms with van der Waals surface area (Å²) in [7, 11) is 0. The summed E-state index contributed by atoms with van der Waals surface area (Å²) < 4.78 is 7.61. The summed E-state index contributed by atoms with van der Waals surface area (Å²) in [5, 5.41) is 3.42. The lowest BCUT2D eigenvalue weighted by atomic mass is 10.1. The number of nitrogens with one attached hydrogen (secondary N) is 1. The van der Waals surface area contributed by atoms with E-state index in [4.69, 9.17) is 4.74 Å². The Morgan fingerprint density at radius 3 is 2.50 bits per heavy atom. The van der Waals surface area contributed by atoms with Crippen LogP contribution in [0.2, 0.25) is 0 Å². The van der Waals surface area contributed by atoms with E-state index in [2.05, 4.69) is 49.3 Å². The fraction of sp³-hybridized carbons (Fsp3) is 0.400. The maximum Gasteiger partial charge on any atom is 0.0662 e. The summed E-state index contributed by atoms with van der Waals surface area (Å²) in [5.41, 5.74) is 1.26. The molecule has 0 radical (unpaired) electrons. The Balaban J connectivity index is 2.21. The highest BCUT2D eigenvalue weighted by Crippen LogP contribution is 2.25. The maximum atomic E-state index is 5.42. The third-order valence-electron chi connectivity index (χ3n) is 2.21. The van der Waals surface area contributed by atoms with Gasteiger partial charge in [0.2, 0.25) is 0 Å². The molecule has 14 heavy (non-hydrogen) atoms. The van der Waals surface area contributed by atoms with Gasteiger partial charge < -0.3 is 10.1 Å². The maximum absolute atomic E-state index is 5.42. The Kier molecular flexibility index (Phi) is 3.60. The molecular weight excluding hydrogens is 310 g/mol. The van der Waals surface area contributed by atoms with Gasteiger partial charge in [0.25, 0.3) is 0 Å². The van der Waals surface area contributed by atoms with Crippen molar-refractivity contribution in [2.45, 2.75) is 6.04 Å². The molecule has 1 aromatic rings. The van der Waals surface area contributed by atoms with Crippen LogP contribution in [-0.4, -0.2) is 19.8 Å². The molecule has 1 saturated heterocycles. The fourth-order valence-electron chi connectivity index (χ4n) is 1.56. The second-order valence-corrected chi connectivity index (χ2v) is 5.12.